The second kappa shape index (κ2) is 5.58. The summed E-state index contributed by atoms with van der Waals surface area (Å²) in [6.45, 7) is 0. The maximum atomic E-state index is 4.67. The van der Waals surface area contributed by atoms with Crippen molar-refractivity contribution in [2.45, 2.75) is 0 Å². The highest BCUT2D eigenvalue weighted by atomic mass is 32.1. The molecule has 144 valence electrons. The van der Waals surface area contributed by atoms with E-state index in [1.165, 1.54) is 56.6 Å². The normalized spacial score (nSPS) is 12.5. The van der Waals surface area contributed by atoms with E-state index >= 15 is 0 Å². The lowest BCUT2D eigenvalue weighted by molar-refractivity contribution is 1.27. The number of hydrogen-bond acceptors (Lipinski definition) is 4. The molecule has 8 rings (SSSR count). The zero-order valence-electron chi connectivity index (χ0n) is 16.2. The van der Waals surface area contributed by atoms with Crippen LogP contribution in [0, 0.1) is 0 Å². The quantitative estimate of drug-likeness (QED) is 0.230. The first-order valence-electron chi connectivity index (χ1n) is 10.2. The van der Waals surface area contributed by atoms with E-state index < -0.39 is 0 Å². The first kappa shape index (κ1) is 16.2. The van der Waals surface area contributed by atoms with Gasteiger partial charge in [0.1, 0.15) is 5.65 Å². The predicted molar refractivity (Wildman–Crippen MR) is 134 cm³/mol. The lowest BCUT2D eigenvalue weighted by Crippen LogP contribution is -1.91. The molecule has 0 saturated carbocycles. The third-order valence-corrected chi connectivity index (χ3v) is 8.94. The minimum atomic E-state index is 0.965. The molecular weight excluding hydrogens is 418 g/mol. The molecule has 0 N–H and O–H groups in total. The largest absolute Gasteiger partial charge is 0.298 e. The Morgan fingerprint density at radius 1 is 0.613 bits per heavy atom. The second-order valence-electron chi connectivity index (χ2n) is 7.90. The summed E-state index contributed by atoms with van der Waals surface area (Å²) in [6.07, 6.45) is 7.75. The number of hydrogen-bond donors (Lipinski definition) is 0. The standard InChI is InChI=1S/C26H13N3S2/c1-2-4-21-15(3-1)17-7-8-19-18-6-5-16-14-9-10-27-13-20(14)26-28-11-12-29(26)22(16)23(18)31-25(19)24(17)30-21/h1-13H. The molecule has 0 saturated heterocycles. The van der Waals surface area contributed by atoms with Gasteiger partial charge < -0.3 is 0 Å². The molecule has 0 aliphatic heterocycles. The molecule has 8 aromatic rings. The Bertz CT molecular complexity index is 2010. The van der Waals surface area contributed by atoms with Crippen LogP contribution >= 0.6 is 22.7 Å². The van der Waals surface area contributed by atoms with E-state index in [1.54, 1.807) is 0 Å². The van der Waals surface area contributed by atoms with Crippen LogP contribution in [0.2, 0.25) is 0 Å². The molecule has 0 aliphatic rings. The molecule has 5 heteroatoms. The van der Waals surface area contributed by atoms with E-state index in [-0.39, 0.29) is 0 Å². The molecule has 3 nitrogen and oxygen atoms in total. The Balaban J connectivity index is 1.65. The molecule has 0 amide bonds. The highest BCUT2D eigenvalue weighted by Gasteiger charge is 2.17. The highest BCUT2D eigenvalue weighted by Crippen LogP contribution is 2.46. The number of fused-ring (bicyclic) bond motifs is 14. The van der Waals surface area contributed by atoms with E-state index in [0.717, 1.165) is 11.0 Å². The number of pyridine rings is 2. The third-order valence-electron chi connectivity index (χ3n) is 6.36. The van der Waals surface area contributed by atoms with Gasteiger partial charge in [-0.15, -0.1) is 22.7 Å². The van der Waals surface area contributed by atoms with Gasteiger partial charge in [-0.25, -0.2) is 4.98 Å². The molecule has 0 bridgehead atoms. The Hall–Kier alpha value is -3.54. The zero-order valence-corrected chi connectivity index (χ0v) is 17.8. The lowest BCUT2D eigenvalue weighted by atomic mass is 10.0. The Kier molecular flexibility index (Phi) is 2.91. The van der Waals surface area contributed by atoms with Crippen molar-refractivity contribution in [2.75, 3.05) is 0 Å². The van der Waals surface area contributed by atoms with Crippen LogP contribution in [0.4, 0.5) is 0 Å². The summed E-state index contributed by atoms with van der Waals surface area (Å²) in [7, 11) is 0. The average molecular weight is 432 g/mol. The van der Waals surface area contributed by atoms with Crippen LogP contribution in [-0.2, 0) is 0 Å². The number of aromatic nitrogens is 3. The summed E-state index contributed by atoms with van der Waals surface area (Å²) in [6, 6.07) is 20.0. The molecule has 0 radical (unpaired) electrons. The fourth-order valence-electron chi connectivity index (χ4n) is 5.01. The number of rotatable bonds is 0. The minimum absolute atomic E-state index is 0.965. The van der Waals surface area contributed by atoms with Crippen molar-refractivity contribution in [3.63, 3.8) is 0 Å². The summed E-state index contributed by atoms with van der Waals surface area (Å²) in [4.78, 5) is 9.02. The van der Waals surface area contributed by atoms with Crippen LogP contribution in [0.25, 0.3) is 67.7 Å². The van der Waals surface area contributed by atoms with E-state index in [0.29, 0.717) is 0 Å². The number of nitrogens with zero attached hydrogens (tertiary/aromatic N) is 3. The summed E-state index contributed by atoms with van der Waals surface area (Å²) < 4.78 is 7.67. The van der Waals surface area contributed by atoms with Crippen LogP contribution in [0.3, 0.4) is 0 Å². The van der Waals surface area contributed by atoms with Gasteiger partial charge in [-0.2, -0.15) is 0 Å². The van der Waals surface area contributed by atoms with E-state index in [1.807, 2.05) is 41.3 Å². The van der Waals surface area contributed by atoms with Gasteiger partial charge in [0.05, 0.1) is 19.6 Å². The molecule has 5 aromatic heterocycles. The summed E-state index contributed by atoms with van der Waals surface area (Å²) in [5.41, 5.74) is 2.20. The first-order valence-corrected chi connectivity index (χ1v) is 11.8. The van der Waals surface area contributed by atoms with Gasteiger partial charge in [0.25, 0.3) is 0 Å². The molecule has 0 spiro atoms. The Morgan fingerprint density at radius 2 is 1.39 bits per heavy atom. The zero-order chi connectivity index (χ0) is 20.1. The van der Waals surface area contributed by atoms with Gasteiger partial charge in [0.15, 0.2) is 0 Å². The topological polar surface area (TPSA) is 30.2 Å². The SMILES string of the molecule is c1ccc2c(c1)sc1c2ccc2c3ccc4c5ccncc5c5nccn5c4c3sc21. The number of benzene rings is 3. The van der Waals surface area contributed by atoms with Crippen LogP contribution in [-0.4, -0.2) is 14.4 Å². The van der Waals surface area contributed by atoms with Gasteiger partial charge in [-0.3, -0.25) is 9.38 Å². The van der Waals surface area contributed by atoms with Crippen LogP contribution < -0.4 is 0 Å². The Morgan fingerprint density at radius 3 is 2.32 bits per heavy atom. The van der Waals surface area contributed by atoms with Crippen molar-refractivity contribution in [1.29, 1.82) is 0 Å². The fourth-order valence-corrected chi connectivity index (χ4v) is 7.70. The van der Waals surface area contributed by atoms with Crippen molar-refractivity contribution >= 4 is 90.3 Å². The minimum Gasteiger partial charge on any atom is -0.298 e. The van der Waals surface area contributed by atoms with Gasteiger partial charge in [-0.1, -0.05) is 42.5 Å². The molecular formula is C26H13N3S2. The highest BCUT2D eigenvalue weighted by molar-refractivity contribution is 7.34. The van der Waals surface area contributed by atoms with Crippen LogP contribution in [0.5, 0.6) is 0 Å². The summed E-state index contributed by atoms with van der Waals surface area (Å²) >= 11 is 3.81. The van der Waals surface area contributed by atoms with Crippen LogP contribution in [0.1, 0.15) is 0 Å². The van der Waals surface area contributed by atoms with E-state index in [2.05, 4.69) is 75.2 Å². The van der Waals surface area contributed by atoms with Gasteiger partial charge in [0.2, 0.25) is 0 Å². The van der Waals surface area contributed by atoms with E-state index in [4.69, 9.17) is 0 Å². The van der Waals surface area contributed by atoms with Gasteiger partial charge in [-0.05, 0) is 17.5 Å². The molecule has 31 heavy (non-hydrogen) atoms. The molecule has 3 aromatic carbocycles. The number of thiophene rings is 2. The summed E-state index contributed by atoms with van der Waals surface area (Å²) in [5.74, 6) is 0. The molecule has 0 aliphatic carbocycles. The van der Waals surface area contributed by atoms with Gasteiger partial charge in [0, 0.05) is 61.8 Å². The molecule has 5 heterocycles. The molecule has 0 atom stereocenters. The van der Waals surface area contributed by atoms with Crippen LogP contribution in [0.15, 0.2) is 79.4 Å². The van der Waals surface area contributed by atoms with Crippen molar-refractivity contribution in [2.24, 2.45) is 0 Å². The van der Waals surface area contributed by atoms with Crippen molar-refractivity contribution in [3.05, 3.63) is 79.4 Å². The average Bonchev–Trinajstić information content (AvgIpc) is 3.53. The van der Waals surface area contributed by atoms with Crippen molar-refractivity contribution in [1.82, 2.24) is 14.4 Å². The van der Waals surface area contributed by atoms with Gasteiger partial charge >= 0.3 is 0 Å². The number of imidazole rings is 1. The maximum absolute atomic E-state index is 4.67. The molecule has 0 fully saturated rings. The van der Waals surface area contributed by atoms with E-state index in [9.17, 15) is 0 Å². The third kappa shape index (κ3) is 1.93. The Labute approximate surface area is 183 Å². The second-order valence-corrected chi connectivity index (χ2v) is 9.97. The monoisotopic (exact) mass is 431 g/mol. The molecule has 0 unspecified atom stereocenters. The first-order chi connectivity index (χ1) is 15.4. The smallest absolute Gasteiger partial charge is 0.146 e. The lowest BCUT2D eigenvalue weighted by Gasteiger charge is -2.08. The van der Waals surface area contributed by atoms with Crippen molar-refractivity contribution < 1.29 is 0 Å². The fraction of sp³-hybridized carbons (Fsp3) is 0. The predicted octanol–water partition coefficient (Wildman–Crippen LogP) is 7.77. The summed E-state index contributed by atoms with van der Waals surface area (Å²) in [5, 5.41) is 8.90. The van der Waals surface area contributed by atoms with Crippen molar-refractivity contribution in [3.8, 4) is 0 Å². The maximum Gasteiger partial charge on any atom is 0.146 e.